The maximum absolute atomic E-state index is 13.8. The highest BCUT2D eigenvalue weighted by Gasteiger charge is 2.62. The maximum Gasteiger partial charge on any atom is 0.408 e. The van der Waals surface area contributed by atoms with E-state index in [4.69, 9.17) is 9.47 Å². The van der Waals surface area contributed by atoms with Crippen LogP contribution in [0.2, 0.25) is 0 Å². The summed E-state index contributed by atoms with van der Waals surface area (Å²) in [6.45, 7) is 14.3. The summed E-state index contributed by atoms with van der Waals surface area (Å²) in [4.78, 5) is 54.4. The zero-order valence-corrected chi connectivity index (χ0v) is 24.6. The number of hydrogen-bond acceptors (Lipinski definition) is 8. The molecule has 3 N–H and O–H groups in total. The van der Waals surface area contributed by atoms with Gasteiger partial charge in [0.05, 0.1) is 11.4 Å². The Morgan fingerprint density at radius 3 is 2.18 bits per heavy atom. The minimum atomic E-state index is -3.83. The van der Waals surface area contributed by atoms with Crippen molar-refractivity contribution in [1.29, 1.82) is 0 Å². The highest BCUT2D eigenvalue weighted by atomic mass is 32.2. The van der Waals surface area contributed by atoms with Crippen LogP contribution in [0.25, 0.3) is 0 Å². The molecule has 1 heterocycles. The number of sulfonamides is 1. The Kier molecular flexibility index (Phi) is 8.48. The van der Waals surface area contributed by atoms with Crippen LogP contribution >= 0.6 is 0 Å². The molecule has 1 saturated heterocycles. The summed E-state index contributed by atoms with van der Waals surface area (Å²) >= 11 is 0. The number of carbonyl (C=O) groups excluding carboxylic acids is 4. The predicted octanol–water partition coefficient (Wildman–Crippen LogP) is 1.21. The molecule has 12 nitrogen and oxygen atoms in total. The molecule has 3 rings (SSSR count). The lowest BCUT2D eigenvalue weighted by molar-refractivity contribution is -0.143. The summed E-state index contributed by atoms with van der Waals surface area (Å²) in [6.07, 6.45) is 1.59. The molecule has 39 heavy (non-hydrogen) atoms. The normalized spacial score (nSPS) is 27.8. The maximum atomic E-state index is 13.8. The van der Waals surface area contributed by atoms with E-state index in [1.54, 1.807) is 41.5 Å². The van der Waals surface area contributed by atoms with Gasteiger partial charge >= 0.3 is 6.09 Å². The van der Waals surface area contributed by atoms with Crippen molar-refractivity contribution < 1.29 is 37.1 Å². The Morgan fingerprint density at radius 2 is 1.72 bits per heavy atom. The van der Waals surface area contributed by atoms with Gasteiger partial charge in [-0.3, -0.25) is 19.1 Å². The monoisotopic (exact) mass is 570 g/mol. The van der Waals surface area contributed by atoms with Gasteiger partial charge in [0.2, 0.25) is 21.8 Å². The van der Waals surface area contributed by atoms with E-state index in [9.17, 15) is 27.6 Å². The SMILES string of the molecule is C=C[C@@H]1C[C@]1(NC(=O)[C@@H]1C[C@@H](OC)CN1C(=O)[C@@H](NC(=O)OC(C)(C)C)C(C)(C)C)C(=O)NS(=O)(=O)C1CC1. The zero-order chi connectivity index (χ0) is 29.6. The third-order valence-electron chi connectivity index (χ3n) is 7.20. The quantitative estimate of drug-likeness (QED) is 0.349. The van der Waals surface area contributed by atoms with Gasteiger partial charge in [0, 0.05) is 26.0 Å². The molecular formula is C26H42N4O8S. The second kappa shape index (κ2) is 10.7. The van der Waals surface area contributed by atoms with E-state index in [-0.39, 0.29) is 19.4 Å². The molecule has 3 fully saturated rings. The second-order valence-corrected chi connectivity index (χ2v) is 14.7. The molecule has 0 aromatic carbocycles. The lowest BCUT2D eigenvalue weighted by atomic mass is 9.85. The average Bonchev–Trinajstić information content (AvgIpc) is 3.71. The number of alkyl carbamates (subject to hydrolysis) is 1. The Morgan fingerprint density at radius 1 is 1.10 bits per heavy atom. The fourth-order valence-electron chi connectivity index (χ4n) is 4.72. The van der Waals surface area contributed by atoms with Gasteiger partial charge in [-0.1, -0.05) is 26.8 Å². The van der Waals surface area contributed by atoms with Gasteiger partial charge in [-0.05, 0) is 45.4 Å². The molecule has 0 radical (unpaired) electrons. The molecule has 4 amide bonds. The average molecular weight is 571 g/mol. The van der Waals surface area contributed by atoms with Crippen LogP contribution in [0, 0.1) is 11.3 Å². The summed E-state index contributed by atoms with van der Waals surface area (Å²) in [7, 11) is -2.35. The van der Waals surface area contributed by atoms with Crippen LogP contribution in [0.5, 0.6) is 0 Å². The molecule has 3 aliphatic rings. The molecule has 1 aliphatic heterocycles. The van der Waals surface area contributed by atoms with Crippen LogP contribution in [0.1, 0.15) is 67.2 Å². The van der Waals surface area contributed by atoms with Crippen molar-refractivity contribution in [2.45, 2.75) is 102 Å². The Labute approximate surface area is 230 Å². The predicted molar refractivity (Wildman–Crippen MR) is 143 cm³/mol. The van der Waals surface area contributed by atoms with Gasteiger partial charge in [0.1, 0.15) is 23.2 Å². The third kappa shape index (κ3) is 7.10. The van der Waals surface area contributed by atoms with E-state index in [1.807, 2.05) is 0 Å². The number of nitrogens with zero attached hydrogens (tertiary/aromatic N) is 1. The van der Waals surface area contributed by atoms with E-state index in [0.29, 0.717) is 12.8 Å². The van der Waals surface area contributed by atoms with Crippen molar-refractivity contribution >= 4 is 33.8 Å². The molecule has 0 bridgehead atoms. The zero-order valence-electron chi connectivity index (χ0n) is 23.8. The van der Waals surface area contributed by atoms with Gasteiger partial charge < -0.3 is 25.0 Å². The van der Waals surface area contributed by atoms with Crippen LogP contribution in [0.15, 0.2) is 12.7 Å². The van der Waals surface area contributed by atoms with Gasteiger partial charge in [0.25, 0.3) is 5.91 Å². The molecular weight excluding hydrogens is 528 g/mol. The van der Waals surface area contributed by atoms with Crippen LogP contribution < -0.4 is 15.4 Å². The van der Waals surface area contributed by atoms with Crippen molar-refractivity contribution in [2.75, 3.05) is 13.7 Å². The van der Waals surface area contributed by atoms with Crippen LogP contribution in [0.4, 0.5) is 4.79 Å². The first-order chi connectivity index (χ1) is 17.8. The number of likely N-dealkylation sites (tertiary alicyclic amines) is 1. The summed E-state index contributed by atoms with van der Waals surface area (Å²) in [5.41, 5.74) is -2.98. The molecule has 0 unspecified atom stereocenters. The lowest BCUT2D eigenvalue weighted by Crippen LogP contribution is -2.60. The first kappa shape index (κ1) is 30.9. The Hall–Kier alpha value is -2.67. The molecule has 2 aliphatic carbocycles. The van der Waals surface area contributed by atoms with Crippen molar-refractivity contribution in [3.63, 3.8) is 0 Å². The fraction of sp³-hybridized carbons (Fsp3) is 0.769. The fourth-order valence-corrected chi connectivity index (χ4v) is 6.08. The number of carbonyl (C=O) groups is 4. The molecule has 0 aromatic rings. The molecule has 5 atom stereocenters. The van der Waals surface area contributed by atoms with E-state index in [0.717, 1.165) is 0 Å². The minimum absolute atomic E-state index is 0.0934. The molecule has 13 heteroatoms. The lowest BCUT2D eigenvalue weighted by Gasteiger charge is -2.36. The van der Waals surface area contributed by atoms with Crippen molar-refractivity contribution in [1.82, 2.24) is 20.3 Å². The van der Waals surface area contributed by atoms with Crippen LogP contribution in [-0.2, 0) is 33.9 Å². The molecule has 0 spiro atoms. The van der Waals surface area contributed by atoms with Gasteiger partial charge in [-0.2, -0.15) is 0 Å². The third-order valence-corrected chi connectivity index (χ3v) is 9.02. The van der Waals surface area contributed by atoms with Gasteiger partial charge in [-0.25, -0.2) is 13.2 Å². The molecule has 220 valence electrons. The highest BCUT2D eigenvalue weighted by Crippen LogP contribution is 2.45. The smallest absolute Gasteiger partial charge is 0.408 e. The summed E-state index contributed by atoms with van der Waals surface area (Å²) < 4.78 is 37.7. The van der Waals surface area contributed by atoms with Crippen molar-refractivity contribution in [3.8, 4) is 0 Å². The summed E-state index contributed by atoms with van der Waals surface area (Å²) in [6, 6.07) is -2.04. The largest absolute Gasteiger partial charge is 0.444 e. The second-order valence-electron chi connectivity index (χ2n) is 12.7. The number of nitrogens with one attached hydrogen (secondary N) is 3. The molecule has 2 saturated carbocycles. The topological polar surface area (TPSA) is 160 Å². The Bertz CT molecular complexity index is 1120. The minimum Gasteiger partial charge on any atom is -0.444 e. The van der Waals surface area contributed by atoms with Gasteiger partial charge in [-0.15, -0.1) is 6.58 Å². The number of rotatable bonds is 9. The van der Waals surface area contributed by atoms with E-state index in [2.05, 4.69) is 21.9 Å². The Balaban J connectivity index is 1.81. The first-order valence-corrected chi connectivity index (χ1v) is 14.7. The molecule has 0 aromatic heterocycles. The summed E-state index contributed by atoms with van der Waals surface area (Å²) in [5.74, 6) is -2.39. The van der Waals surface area contributed by atoms with Crippen LogP contribution in [-0.4, -0.2) is 85.4 Å². The van der Waals surface area contributed by atoms with Crippen LogP contribution in [0.3, 0.4) is 0 Å². The summed E-state index contributed by atoms with van der Waals surface area (Å²) in [5, 5.41) is 4.77. The standard InChI is InChI=1S/C26H42N4O8S/c1-9-15-13-26(15,22(33)29-39(35,36)17-10-11-17)28-20(31)18-12-16(37-8)14-30(18)21(32)19(24(2,3)4)27-23(34)38-25(5,6)7/h9,15-19H,1,10-14H2,2-8H3,(H,27,34)(H,28,31)(H,29,33)/t15-,16-,18+,19-,26-/m1/s1. The number of amides is 4. The van der Waals surface area contributed by atoms with Crippen molar-refractivity contribution in [2.24, 2.45) is 11.3 Å². The van der Waals surface area contributed by atoms with E-state index >= 15 is 0 Å². The van der Waals surface area contributed by atoms with Gasteiger partial charge in [0.15, 0.2) is 0 Å². The van der Waals surface area contributed by atoms with E-state index in [1.165, 1.54) is 18.1 Å². The van der Waals surface area contributed by atoms with Crippen molar-refractivity contribution in [3.05, 3.63) is 12.7 Å². The highest BCUT2D eigenvalue weighted by molar-refractivity contribution is 7.91. The number of ether oxygens (including phenoxy) is 2. The number of methoxy groups -OCH3 is 1. The number of hydrogen-bond donors (Lipinski definition) is 3. The van der Waals surface area contributed by atoms with E-state index < -0.39 is 79.7 Å². The first-order valence-electron chi connectivity index (χ1n) is 13.2.